The fourth-order valence-electron chi connectivity index (χ4n) is 1.36. The molecule has 0 unspecified atom stereocenters. The molecule has 1 aromatic rings. The number of aromatic nitrogens is 2. The van der Waals surface area contributed by atoms with E-state index < -0.39 is 11.2 Å². The van der Waals surface area contributed by atoms with E-state index in [0.29, 0.717) is 12.2 Å². The number of hydrogen-bond donors (Lipinski definition) is 2. The summed E-state index contributed by atoms with van der Waals surface area (Å²) in [5, 5.41) is 8.38. The van der Waals surface area contributed by atoms with E-state index in [0.717, 1.165) is 11.3 Å². The lowest BCUT2D eigenvalue weighted by molar-refractivity contribution is -0.136. The highest BCUT2D eigenvalue weighted by molar-refractivity contribution is 7.99. The molecule has 0 aromatic carbocycles. The molecule has 2 heterocycles. The molecule has 1 aromatic heterocycles. The zero-order chi connectivity index (χ0) is 10.1. The Kier molecular flexibility index (Phi) is 2.28. The van der Waals surface area contributed by atoms with Crippen LogP contribution in [0.3, 0.4) is 0 Å². The summed E-state index contributed by atoms with van der Waals surface area (Å²) in [5.41, 5.74) is 1.25. The molecule has 2 rings (SSSR count). The first-order valence-electron chi connectivity index (χ1n) is 4.08. The number of nitrogens with one attached hydrogen (secondary N) is 1. The molecular weight excluding hydrogens is 204 g/mol. The summed E-state index contributed by atoms with van der Waals surface area (Å²) in [4.78, 5) is 27.8. The summed E-state index contributed by atoms with van der Waals surface area (Å²) in [6.07, 6.45) is 1.89. The number of thioether (sulfide) groups is 1. The third kappa shape index (κ3) is 1.65. The molecule has 74 valence electrons. The Bertz CT molecular complexity index is 429. The number of H-pyrrole nitrogens is 1. The quantitative estimate of drug-likeness (QED) is 0.685. The number of carboxylic acids is 1. The van der Waals surface area contributed by atoms with Gasteiger partial charge in [0, 0.05) is 17.6 Å². The molecule has 1 aliphatic rings. The second-order valence-corrected chi connectivity index (χ2v) is 4.23. The zero-order valence-electron chi connectivity index (χ0n) is 7.19. The van der Waals surface area contributed by atoms with Crippen LogP contribution in [0.1, 0.15) is 11.3 Å². The van der Waals surface area contributed by atoms with Gasteiger partial charge in [-0.1, -0.05) is 0 Å². The molecule has 0 radical (unpaired) electrons. The number of aliphatic carboxylic acids is 1. The standard InChI is InChI=1S/C8H8N2O3S/c11-7(12)6-1-4-2-9-8(13)10-5(4)3-14-6/h2,6H,1,3H2,(H,11,12)(H,9,10,13)/t6-/m1/s1. The van der Waals surface area contributed by atoms with Crippen LogP contribution in [0.15, 0.2) is 11.0 Å². The summed E-state index contributed by atoms with van der Waals surface area (Å²) in [6.45, 7) is 0. The molecule has 2 N–H and O–H groups in total. The van der Waals surface area contributed by atoms with Crippen molar-refractivity contribution in [1.82, 2.24) is 9.97 Å². The summed E-state index contributed by atoms with van der Waals surface area (Å²) in [7, 11) is 0. The maximum absolute atomic E-state index is 10.9. The van der Waals surface area contributed by atoms with Gasteiger partial charge >= 0.3 is 11.7 Å². The third-order valence-corrected chi connectivity index (χ3v) is 3.32. The van der Waals surface area contributed by atoms with Crippen molar-refractivity contribution in [2.75, 3.05) is 0 Å². The van der Waals surface area contributed by atoms with Gasteiger partial charge in [0.25, 0.3) is 0 Å². The van der Waals surface area contributed by atoms with Crippen LogP contribution in [-0.4, -0.2) is 26.3 Å². The first kappa shape index (κ1) is 9.26. The second kappa shape index (κ2) is 3.45. The number of nitrogens with zero attached hydrogens (tertiary/aromatic N) is 1. The number of carboxylic acid groups (broad SMARTS) is 1. The van der Waals surface area contributed by atoms with E-state index >= 15 is 0 Å². The van der Waals surface area contributed by atoms with Gasteiger partial charge in [-0.15, -0.1) is 11.8 Å². The Balaban J connectivity index is 2.31. The fourth-order valence-corrected chi connectivity index (χ4v) is 2.43. The number of rotatable bonds is 1. The molecule has 14 heavy (non-hydrogen) atoms. The summed E-state index contributed by atoms with van der Waals surface area (Å²) >= 11 is 1.33. The van der Waals surface area contributed by atoms with Gasteiger partial charge in [0.2, 0.25) is 0 Å². The van der Waals surface area contributed by atoms with Gasteiger partial charge < -0.3 is 10.1 Å². The van der Waals surface area contributed by atoms with Gasteiger partial charge in [0.05, 0.1) is 0 Å². The van der Waals surface area contributed by atoms with Gasteiger partial charge in [-0.05, 0) is 12.0 Å². The topological polar surface area (TPSA) is 83.0 Å². The van der Waals surface area contributed by atoms with Crippen molar-refractivity contribution in [3.8, 4) is 0 Å². The average molecular weight is 212 g/mol. The lowest BCUT2D eigenvalue weighted by Crippen LogP contribution is -2.26. The van der Waals surface area contributed by atoms with Crippen LogP contribution >= 0.6 is 11.8 Å². The van der Waals surface area contributed by atoms with Gasteiger partial charge in [-0.3, -0.25) is 4.79 Å². The molecule has 0 bridgehead atoms. The lowest BCUT2D eigenvalue weighted by atomic mass is 10.1. The van der Waals surface area contributed by atoms with E-state index in [9.17, 15) is 9.59 Å². The highest BCUT2D eigenvalue weighted by Crippen LogP contribution is 2.27. The number of aromatic amines is 1. The van der Waals surface area contributed by atoms with Crippen molar-refractivity contribution in [1.29, 1.82) is 0 Å². The SMILES string of the molecule is O=C(O)[C@H]1Cc2cnc(=O)[nH]c2CS1. The minimum atomic E-state index is -0.813. The molecule has 5 nitrogen and oxygen atoms in total. The largest absolute Gasteiger partial charge is 0.480 e. The Labute approximate surface area is 83.6 Å². The summed E-state index contributed by atoms with van der Waals surface area (Å²) < 4.78 is 0. The monoisotopic (exact) mass is 212 g/mol. The first-order valence-corrected chi connectivity index (χ1v) is 5.13. The maximum atomic E-state index is 10.9. The minimum absolute atomic E-state index is 0.377. The number of hydrogen-bond acceptors (Lipinski definition) is 4. The maximum Gasteiger partial charge on any atom is 0.345 e. The van der Waals surface area contributed by atoms with Crippen molar-refractivity contribution in [2.24, 2.45) is 0 Å². The lowest BCUT2D eigenvalue weighted by Gasteiger charge is -2.19. The van der Waals surface area contributed by atoms with Crippen molar-refractivity contribution < 1.29 is 9.90 Å². The molecule has 1 atom stereocenters. The highest BCUT2D eigenvalue weighted by Gasteiger charge is 2.25. The van der Waals surface area contributed by atoms with E-state index in [1.165, 1.54) is 18.0 Å². The van der Waals surface area contributed by atoms with Crippen LogP contribution in [0.4, 0.5) is 0 Å². The second-order valence-electron chi connectivity index (χ2n) is 3.03. The molecular formula is C8H8N2O3S. The predicted octanol–water partition coefficient (Wildman–Crippen LogP) is 0.0124. The Hall–Kier alpha value is -1.30. The van der Waals surface area contributed by atoms with Crippen LogP contribution in [0.5, 0.6) is 0 Å². The van der Waals surface area contributed by atoms with Crippen LogP contribution in [0, 0.1) is 0 Å². The molecule has 0 aliphatic carbocycles. The molecule has 0 saturated heterocycles. The van der Waals surface area contributed by atoms with Crippen LogP contribution < -0.4 is 5.69 Å². The summed E-state index contributed by atoms with van der Waals surface area (Å²) in [5.74, 6) is -0.281. The first-order chi connectivity index (χ1) is 6.66. The molecule has 0 spiro atoms. The van der Waals surface area contributed by atoms with Crippen LogP contribution in [0.2, 0.25) is 0 Å². The van der Waals surface area contributed by atoms with Crippen molar-refractivity contribution in [2.45, 2.75) is 17.4 Å². The number of fused-ring (bicyclic) bond motifs is 1. The third-order valence-electron chi connectivity index (χ3n) is 2.09. The fraction of sp³-hybridized carbons (Fsp3) is 0.375. The van der Waals surface area contributed by atoms with Crippen molar-refractivity contribution >= 4 is 17.7 Å². The van der Waals surface area contributed by atoms with Gasteiger partial charge in [-0.2, -0.15) is 0 Å². The van der Waals surface area contributed by atoms with Crippen molar-refractivity contribution in [3.05, 3.63) is 27.9 Å². The zero-order valence-corrected chi connectivity index (χ0v) is 8.00. The van der Waals surface area contributed by atoms with E-state index in [1.807, 2.05) is 0 Å². The van der Waals surface area contributed by atoms with Gasteiger partial charge in [0.15, 0.2) is 0 Å². The van der Waals surface area contributed by atoms with Gasteiger partial charge in [0.1, 0.15) is 5.25 Å². The Morgan fingerprint density at radius 1 is 1.71 bits per heavy atom. The molecule has 1 aliphatic heterocycles. The molecule has 6 heteroatoms. The highest BCUT2D eigenvalue weighted by atomic mass is 32.2. The normalized spacial score (nSPS) is 20.1. The smallest absolute Gasteiger partial charge is 0.345 e. The Morgan fingerprint density at radius 3 is 3.21 bits per heavy atom. The predicted molar refractivity (Wildman–Crippen MR) is 51.3 cm³/mol. The van der Waals surface area contributed by atoms with Crippen LogP contribution in [0.25, 0.3) is 0 Å². The van der Waals surface area contributed by atoms with Gasteiger partial charge in [-0.25, -0.2) is 9.78 Å². The average Bonchev–Trinajstić information content (AvgIpc) is 2.16. The van der Waals surface area contributed by atoms with E-state index in [4.69, 9.17) is 5.11 Å². The van der Waals surface area contributed by atoms with Crippen LogP contribution in [-0.2, 0) is 17.0 Å². The number of carbonyl (C=O) groups is 1. The van der Waals surface area contributed by atoms with E-state index in [2.05, 4.69) is 9.97 Å². The molecule has 0 fully saturated rings. The Morgan fingerprint density at radius 2 is 2.50 bits per heavy atom. The molecule has 0 saturated carbocycles. The summed E-state index contributed by atoms with van der Waals surface area (Å²) in [6, 6.07) is 0. The van der Waals surface area contributed by atoms with E-state index in [1.54, 1.807) is 0 Å². The molecule has 0 amide bonds. The van der Waals surface area contributed by atoms with Crippen molar-refractivity contribution in [3.63, 3.8) is 0 Å². The minimum Gasteiger partial charge on any atom is -0.480 e. The van der Waals surface area contributed by atoms with E-state index in [-0.39, 0.29) is 5.69 Å².